The van der Waals surface area contributed by atoms with Gasteiger partial charge in [0.1, 0.15) is 5.69 Å². The molecule has 0 atom stereocenters. The molecule has 0 spiro atoms. The zero-order valence-electron chi connectivity index (χ0n) is 17.4. The summed E-state index contributed by atoms with van der Waals surface area (Å²) in [6.07, 6.45) is 0. The van der Waals surface area contributed by atoms with Crippen LogP contribution >= 0.6 is 0 Å². The minimum Gasteiger partial charge on any atom is -0.372 e. The molecule has 4 rings (SSSR count). The first-order valence-corrected chi connectivity index (χ1v) is 10.2. The number of nitro benzene ring substituents is 1. The fourth-order valence-corrected chi connectivity index (χ4v) is 3.78. The number of rotatable bonds is 6. The lowest BCUT2D eigenvalue weighted by Crippen LogP contribution is -2.25. The van der Waals surface area contributed by atoms with Gasteiger partial charge in [0.25, 0.3) is 11.2 Å². The topological polar surface area (TPSA) is 81.3 Å². The van der Waals surface area contributed by atoms with Crippen LogP contribution in [0, 0.1) is 10.1 Å². The van der Waals surface area contributed by atoms with E-state index in [-0.39, 0.29) is 11.4 Å². The van der Waals surface area contributed by atoms with Crippen LogP contribution < -0.4 is 10.5 Å². The van der Waals surface area contributed by atoms with E-state index in [1.807, 2.05) is 56.3 Å². The molecular weight excluding hydrogens is 392 g/mol. The highest BCUT2D eigenvalue weighted by Crippen LogP contribution is 2.30. The van der Waals surface area contributed by atoms with Gasteiger partial charge in [0.05, 0.1) is 16.0 Å². The Bertz CT molecular complexity index is 1310. The third-order valence-electron chi connectivity index (χ3n) is 5.36. The predicted molar refractivity (Wildman–Crippen MR) is 123 cm³/mol. The first kappa shape index (κ1) is 20.3. The molecule has 156 valence electrons. The summed E-state index contributed by atoms with van der Waals surface area (Å²) in [5.74, 6) is 0. The summed E-state index contributed by atoms with van der Waals surface area (Å²) >= 11 is 0. The minimum atomic E-state index is -0.479. The van der Waals surface area contributed by atoms with E-state index < -0.39 is 10.5 Å². The number of hydrogen-bond acceptors (Lipinski definition) is 5. The van der Waals surface area contributed by atoms with Crippen LogP contribution in [0.4, 0.5) is 11.4 Å². The van der Waals surface area contributed by atoms with E-state index >= 15 is 0 Å². The highest BCUT2D eigenvalue weighted by Gasteiger charge is 2.22. The van der Waals surface area contributed by atoms with Crippen molar-refractivity contribution in [3.63, 3.8) is 0 Å². The van der Waals surface area contributed by atoms with Crippen molar-refractivity contribution in [1.82, 2.24) is 9.78 Å². The van der Waals surface area contributed by atoms with Crippen LogP contribution in [-0.4, -0.2) is 27.8 Å². The van der Waals surface area contributed by atoms with Crippen LogP contribution in [0.5, 0.6) is 0 Å². The standard InChI is InChI=1S/C24H22N4O3/c1-3-26(4-2)18-14-15-21(28(30)31)22(16-18)27-24(29)20-13-9-8-12-19(20)23(25-27)17-10-6-5-7-11-17/h5-16H,3-4H2,1-2H3. The van der Waals surface area contributed by atoms with Crippen molar-refractivity contribution in [3.05, 3.63) is 93.3 Å². The number of benzene rings is 3. The third-order valence-corrected chi connectivity index (χ3v) is 5.36. The van der Waals surface area contributed by atoms with Gasteiger partial charge in [-0.1, -0.05) is 48.5 Å². The van der Waals surface area contributed by atoms with Gasteiger partial charge in [-0.2, -0.15) is 9.78 Å². The molecule has 0 aliphatic rings. The van der Waals surface area contributed by atoms with Gasteiger partial charge in [-0.15, -0.1) is 0 Å². The van der Waals surface area contributed by atoms with Gasteiger partial charge >= 0.3 is 0 Å². The van der Waals surface area contributed by atoms with Crippen LogP contribution in [0.15, 0.2) is 77.6 Å². The Balaban J connectivity index is 2.07. The molecule has 0 saturated heterocycles. The predicted octanol–water partition coefficient (Wildman–Crippen LogP) is 4.81. The molecular formula is C24H22N4O3. The first-order valence-electron chi connectivity index (χ1n) is 10.2. The van der Waals surface area contributed by atoms with E-state index in [1.165, 1.54) is 6.07 Å². The van der Waals surface area contributed by atoms with Crippen LogP contribution in [0.3, 0.4) is 0 Å². The lowest BCUT2D eigenvalue weighted by Gasteiger charge is -2.21. The summed E-state index contributed by atoms with van der Waals surface area (Å²) in [5, 5.41) is 17.6. The van der Waals surface area contributed by atoms with Crippen molar-refractivity contribution in [2.45, 2.75) is 13.8 Å². The second-order valence-electron chi connectivity index (χ2n) is 7.08. The molecule has 0 N–H and O–H groups in total. The molecule has 0 unspecified atom stereocenters. The van der Waals surface area contributed by atoms with Gasteiger partial charge in [-0.25, -0.2) is 0 Å². The number of fused-ring (bicyclic) bond motifs is 1. The van der Waals surface area contributed by atoms with Gasteiger partial charge in [-0.05, 0) is 32.0 Å². The van der Waals surface area contributed by atoms with Crippen LogP contribution in [0.1, 0.15) is 13.8 Å². The van der Waals surface area contributed by atoms with Crippen molar-refractivity contribution >= 4 is 22.1 Å². The number of aromatic nitrogens is 2. The summed E-state index contributed by atoms with van der Waals surface area (Å²) in [6, 6.07) is 21.5. The van der Waals surface area contributed by atoms with Crippen molar-refractivity contribution in [2.75, 3.05) is 18.0 Å². The Kier molecular flexibility index (Phi) is 5.49. The van der Waals surface area contributed by atoms with Crippen molar-refractivity contribution in [1.29, 1.82) is 0 Å². The molecule has 0 radical (unpaired) electrons. The normalized spacial score (nSPS) is 10.9. The average Bonchev–Trinajstić information content (AvgIpc) is 2.81. The van der Waals surface area contributed by atoms with Crippen LogP contribution in [-0.2, 0) is 0 Å². The molecule has 0 fully saturated rings. The largest absolute Gasteiger partial charge is 0.372 e. The quantitative estimate of drug-likeness (QED) is 0.334. The second kappa shape index (κ2) is 8.39. The average molecular weight is 414 g/mol. The summed E-state index contributed by atoms with van der Waals surface area (Å²) in [6.45, 7) is 5.50. The Morgan fingerprint density at radius 1 is 0.935 bits per heavy atom. The molecule has 0 saturated carbocycles. The summed E-state index contributed by atoms with van der Waals surface area (Å²) in [5.41, 5.74) is 1.82. The second-order valence-corrected chi connectivity index (χ2v) is 7.08. The highest BCUT2D eigenvalue weighted by atomic mass is 16.6. The van der Waals surface area contributed by atoms with Gasteiger partial charge in [0, 0.05) is 35.8 Å². The Morgan fingerprint density at radius 3 is 2.23 bits per heavy atom. The minimum absolute atomic E-state index is 0.155. The Morgan fingerprint density at radius 2 is 1.58 bits per heavy atom. The first-order chi connectivity index (χ1) is 15.0. The van der Waals surface area contributed by atoms with E-state index in [9.17, 15) is 14.9 Å². The molecule has 31 heavy (non-hydrogen) atoms. The molecule has 4 aromatic rings. The molecule has 0 aliphatic carbocycles. The molecule has 0 aliphatic heterocycles. The van der Waals surface area contributed by atoms with E-state index in [4.69, 9.17) is 0 Å². The summed E-state index contributed by atoms with van der Waals surface area (Å²) in [7, 11) is 0. The summed E-state index contributed by atoms with van der Waals surface area (Å²) in [4.78, 5) is 26.8. The van der Waals surface area contributed by atoms with Crippen LogP contribution in [0.2, 0.25) is 0 Å². The number of nitrogens with zero attached hydrogens (tertiary/aromatic N) is 4. The molecule has 7 nitrogen and oxygen atoms in total. The van der Waals surface area contributed by atoms with E-state index in [2.05, 4.69) is 10.00 Å². The lowest BCUT2D eigenvalue weighted by atomic mass is 10.1. The zero-order chi connectivity index (χ0) is 22.0. The zero-order valence-corrected chi connectivity index (χ0v) is 17.4. The van der Waals surface area contributed by atoms with E-state index in [1.54, 1.807) is 24.3 Å². The highest BCUT2D eigenvalue weighted by molar-refractivity contribution is 5.94. The molecule has 1 heterocycles. The number of nitro groups is 1. The number of hydrogen-bond donors (Lipinski definition) is 0. The maximum Gasteiger partial charge on any atom is 0.295 e. The van der Waals surface area contributed by atoms with Crippen molar-refractivity contribution < 1.29 is 4.92 Å². The smallest absolute Gasteiger partial charge is 0.295 e. The maximum atomic E-state index is 13.4. The van der Waals surface area contributed by atoms with E-state index in [0.29, 0.717) is 16.5 Å². The van der Waals surface area contributed by atoms with Gasteiger partial charge < -0.3 is 4.90 Å². The molecule has 0 bridgehead atoms. The SMILES string of the molecule is CCN(CC)c1ccc([N+](=O)[O-])c(-n2nc(-c3ccccc3)c3ccccc3c2=O)c1. The van der Waals surface area contributed by atoms with Crippen LogP contribution in [0.25, 0.3) is 27.7 Å². The van der Waals surface area contributed by atoms with E-state index in [0.717, 1.165) is 29.0 Å². The van der Waals surface area contributed by atoms with Crippen molar-refractivity contribution in [2.24, 2.45) is 0 Å². The van der Waals surface area contributed by atoms with Gasteiger partial charge in [0.15, 0.2) is 0 Å². The lowest BCUT2D eigenvalue weighted by molar-refractivity contribution is -0.384. The van der Waals surface area contributed by atoms with Crippen molar-refractivity contribution in [3.8, 4) is 16.9 Å². The Labute approximate surface area is 179 Å². The molecule has 3 aromatic carbocycles. The summed E-state index contributed by atoms with van der Waals surface area (Å²) < 4.78 is 1.16. The Hall–Kier alpha value is -4.00. The molecule has 0 amide bonds. The fourth-order valence-electron chi connectivity index (χ4n) is 3.78. The molecule has 1 aromatic heterocycles. The fraction of sp³-hybridized carbons (Fsp3) is 0.167. The maximum absolute atomic E-state index is 13.4. The molecule has 7 heteroatoms. The monoisotopic (exact) mass is 414 g/mol. The van der Waals surface area contributed by atoms with Gasteiger partial charge in [0.2, 0.25) is 0 Å². The third kappa shape index (κ3) is 3.66. The van der Waals surface area contributed by atoms with Gasteiger partial charge in [-0.3, -0.25) is 14.9 Å². The number of anilines is 1.